The predicted molar refractivity (Wildman–Crippen MR) is 138 cm³/mol. The molecule has 1 aliphatic heterocycles. The van der Waals surface area contributed by atoms with Crippen molar-refractivity contribution in [2.75, 3.05) is 7.11 Å². The highest BCUT2D eigenvalue weighted by atomic mass is 35.5. The number of aromatic nitrogens is 2. The lowest BCUT2D eigenvalue weighted by Crippen LogP contribution is -2.30. The number of rotatable bonds is 6. The van der Waals surface area contributed by atoms with Gasteiger partial charge in [0.25, 0.3) is 5.91 Å². The monoisotopic (exact) mass is 513 g/mol. The lowest BCUT2D eigenvalue weighted by atomic mass is 9.94. The van der Waals surface area contributed by atoms with Crippen LogP contribution in [0.3, 0.4) is 0 Å². The molecule has 1 aliphatic rings. The van der Waals surface area contributed by atoms with Crippen LogP contribution in [-0.2, 0) is 11.3 Å². The van der Waals surface area contributed by atoms with E-state index >= 15 is 0 Å². The lowest BCUT2D eigenvalue weighted by molar-refractivity contribution is -0.130. The topological polar surface area (TPSA) is 109 Å². The number of para-hydroxylation sites is 1. The molecule has 1 unspecified atom stereocenters. The minimum atomic E-state index is -0.858. The number of amides is 1. The molecule has 2 aromatic carbocycles. The Morgan fingerprint density at radius 3 is 2.76 bits per heavy atom. The summed E-state index contributed by atoms with van der Waals surface area (Å²) < 4.78 is 11.2. The average Bonchev–Trinajstić information content (AvgIpc) is 3.59. The number of aliphatic hydroxyl groups excluding tert-OH is 1. The standard InChI is InChI=1S/C28H20ClN3O5/c1-36-22-12-17(29)10-16-11-21(37-27(16)22)25(33)23-24(19-13-31-20-5-3-2-4-18(19)20)32(28(35)26(23)34)14-15-6-8-30-9-7-15/h2-13,24,31,34H,14H2,1H3. The number of carbonyl (C=O) groups is 2. The zero-order chi connectivity index (χ0) is 25.7. The second-order valence-corrected chi connectivity index (χ2v) is 9.15. The van der Waals surface area contributed by atoms with Gasteiger partial charge in [0.2, 0.25) is 5.78 Å². The number of fused-ring (bicyclic) bond motifs is 2. The molecule has 0 radical (unpaired) electrons. The summed E-state index contributed by atoms with van der Waals surface area (Å²) in [6.07, 6.45) is 5.02. The van der Waals surface area contributed by atoms with Crippen LogP contribution in [0.25, 0.3) is 21.9 Å². The van der Waals surface area contributed by atoms with E-state index in [1.165, 1.54) is 18.1 Å². The van der Waals surface area contributed by atoms with E-state index in [1.54, 1.807) is 42.9 Å². The minimum Gasteiger partial charge on any atom is -0.503 e. The molecule has 37 heavy (non-hydrogen) atoms. The van der Waals surface area contributed by atoms with Crippen LogP contribution < -0.4 is 4.74 Å². The van der Waals surface area contributed by atoms with E-state index in [9.17, 15) is 14.7 Å². The summed E-state index contributed by atoms with van der Waals surface area (Å²) in [5, 5.41) is 12.9. The molecule has 0 saturated heterocycles. The van der Waals surface area contributed by atoms with E-state index in [-0.39, 0.29) is 17.9 Å². The fourth-order valence-corrected chi connectivity index (χ4v) is 5.08. The molecule has 1 atom stereocenters. The third-order valence-corrected chi connectivity index (χ3v) is 6.78. The van der Waals surface area contributed by atoms with Gasteiger partial charge >= 0.3 is 0 Å². The Bertz CT molecular complexity index is 1720. The van der Waals surface area contributed by atoms with Crippen molar-refractivity contribution in [2.45, 2.75) is 12.6 Å². The van der Waals surface area contributed by atoms with Crippen molar-refractivity contribution in [3.05, 3.63) is 106 Å². The number of Topliss-reactive ketones (excluding diaryl/α,β-unsaturated/α-hetero) is 1. The van der Waals surface area contributed by atoms with E-state index in [1.807, 2.05) is 24.3 Å². The van der Waals surface area contributed by atoms with E-state index in [0.717, 1.165) is 16.5 Å². The van der Waals surface area contributed by atoms with Gasteiger partial charge in [0.05, 0.1) is 18.7 Å². The molecule has 5 aromatic rings. The van der Waals surface area contributed by atoms with Crippen LogP contribution >= 0.6 is 11.6 Å². The fourth-order valence-electron chi connectivity index (χ4n) is 4.86. The van der Waals surface area contributed by atoms with E-state index in [4.69, 9.17) is 20.8 Å². The summed E-state index contributed by atoms with van der Waals surface area (Å²) >= 11 is 6.19. The molecule has 1 amide bonds. The zero-order valence-electron chi connectivity index (χ0n) is 19.6. The first kappa shape index (κ1) is 22.9. The first-order chi connectivity index (χ1) is 18.0. The molecule has 2 N–H and O–H groups in total. The highest BCUT2D eigenvalue weighted by molar-refractivity contribution is 6.31. The van der Waals surface area contributed by atoms with Crippen LogP contribution in [0, 0.1) is 0 Å². The van der Waals surface area contributed by atoms with Crippen LogP contribution in [0.1, 0.15) is 27.7 Å². The second-order valence-electron chi connectivity index (χ2n) is 8.71. The molecule has 0 bridgehead atoms. The number of H-pyrrole nitrogens is 1. The van der Waals surface area contributed by atoms with Gasteiger partial charge in [-0.1, -0.05) is 29.8 Å². The summed E-state index contributed by atoms with van der Waals surface area (Å²) in [4.78, 5) is 36.0. The number of methoxy groups -OCH3 is 1. The Hall–Kier alpha value is -4.56. The predicted octanol–water partition coefficient (Wildman–Crippen LogP) is 5.75. The molecular weight excluding hydrogens is 494 g/mol. The van der Waals surface area contributed by atoms with Gasteiger partial charge in [-0.15, -0.1) is 0 Å². The van der Waals surface area contributed by atoms with Gasteiger partial charge in [0.1, 0.15) is 0 Å². The van der Waals surface area contributed by atoms with Crippen molar-refractivity contribution < 1.29 is 23.8 Å². The minimum absolute atomic E-state index is 0.0412. The Labute approximate surface area is 215 Å². The number of nitrogens with zero attached hydrogens (tertiary/aromatic N) is 2. The largest absolute Gasteiger partial charge is 0.503 e. The number of aromatic amines is 1. The van der Waals surface area contributed by atoms with E-state index in [0.29, 0.717) is 27.3 Å². The van der Waals surface area contributed by atoms with Gasteiger partial charge in [-0.05, 0) is 35.9 Å². The molecule has 184 valence electrons. The van der Waals surface area contributed by atoms with Crippen molar-refractivity contribution in [2.24, 2.45) is 0 Å². The lowest BCUT2D eigenvalue weighted by Gasteiger charge is -2.26. The Balaban J connectivity index is 1.50. The molecule has 0 fully saturated rings. The number of carbonyl (C=O) groups excluding carboxylic acids is 2. The second kappa shape index (κ2) is 8.83. The van der Waals surface area contributed by atoms with Crippen molar-refractivity contribution in [1.29, 1.82) is 0 Å². The number of ketones is 1. The highest BCUT2D eigenvalue weighted by Gasteiger charge is 2.45. The molecule has 4 heterocycles. The van der Waals surface area contributed by atoms with Crippen LogP contribution in [0.4, 0.5) is 0 Å². The first-order valence-corrected chi connectivity index (χ1v) is 11.8. The number of hydrogen-bond acceptors (Lipinski definition) is 6. The number of halogens is 1. The van der Waals surface area contributed by atoms with Crippen molar-refractivity contribution >= 4 is 45.2 Å². The molecule has 9 heteroatoms. The van der Waals surface area contributed by atoms with Gasteiger partial charge in [0, 0.05) is 58.1 Å². The Morgan fingerprint density at radius 1 is 1.19 bits per heavy atom. The number of nitrogens with one attached hydrogen (secondary N) is 1. The number of ether oxygens (including phenoxy) is 1. The quantitative estimate of drug-likeness (QED) is 0.280. The van der Waals surface area contributed by atoms with Gasteiger partial charge in [-0.2, -0.15) is 0 Å². The van der Waals surface area contributed by atoms with E-state index < -0.39 is 23.5 Å². The average molecular weight is 514 g/mol. The van der Waals surface area contributed by atoms with Gasteiger partial charge in [-0.3, -0.25) is 14.6 Å². The summed E-state index contributed by atoms with van der Waals surface area (Å²) in [6, 6.07) is 15.1. The smallest absolute Gasteiger partial charge is 0.290 e. The summed E-state index contributed by atoms with van der Waals surface area (Å²) in [7, 11) is 1.48. The van der Waals surface area contributed by atoms with Gasteiger partial charge in [0.15, 0.2) is 22.9 Å². The maximum absolute atomic E-state index is 13.9. The zero-order valence-corrected chi connectivity index (χ0v) is 20.3. The molecule has 0 aliphatic carbocycles. The van der Waals surface area contributed by atoms with E-state index in [2.05, 4.69) is 9.97 Å². The Kier molecular flexibility index (Phi) is 5.46. The number of pyridine rings is 1. The normalized spacial score (nSPS) is 15.8. The van der Waals surface area contributed by atoms with Crippen LogP contribution in [0.5, 0.6) is 5.75 Å². The number of furan rings is 1. The van der Waals surface area contributed by atoms with Crippen molar-refractivity contribution in [3.8, 4) is 5.75 Å². The number of hydrogen-bond donors (Lipinski definition) is 2. The molecular formula is C28H20ClN3O5. The third-order valence-electron chi connectivity index (χ3n) is 6.56. The first-order valence-electron chi connectivity index (χ1n) is 11.5. The van der Waals surface area contributed by atoms with Crippen molar-refractivity contribution in [3.63, 3.8) is 0 Å². The maximum atomic E-state index is 13.9. The SMILES string of the molecule is COc1cc(Cl)cc2cc(C(=O)C3=C(O)C(=O)N(Cc4ccncc4)C3c3c[nH]c4ccccc34)oc12. The molecule has 0 saturated carbocycles. The maximum Gasteiger partial charge on any atom is 0.290 e. The van der Waals surface area contributed by atoms with Gasteiger partial charge in [-0.25, -0.2) is 0 Å². The van der Waals surface area contributed by atoms with Crippen LogP contribution in [0.2, 0.25) is 5.02 Å². The van der Waals surface area contributed by atoms with Crippen LogP contribution in [0.15, 0.2) is 88.9 Å². The summed E-state index contributed by atoms with van der Waals surface area (Å²) in [5.41, 5.74) is 2.61. The molecule has 3 aromatic heterocycles. The fraction of sp³-hybridized carbons (Fsp3) is 0.107. The van der Waals surface area contributed by atoms with Gasteiger partial charge < -0.3 is 24.1 Å². The number of aliphatic hydroxyl groups is 1. The van der Waals surface area contributed by atoms with Crippen LogP contribution in [-0.4, -0.2) is 38.8 Å². The third kappa shape index (κ3) is 3.73. The van der Waals surface area contributed by atoms with Crippen molar-refractivity contribution in [1.82, 2.24) is 14.9 Å². The highest BCUT2D eigenvalue weighted by Crippen LogP contribution is 2.43. The molecule has 6 rings (SSSR count). The molecule has 0 spiro atoms. The summed E-state index contributed by atoms with van der Waals surface area (Å²) in [5.74, 6) is -1.53. The number of benzene rings is 2. The molecule has 8 nitrogen and oxygen atoms in total. The summed E-state index contributed by atoms with van der Waals surface area (Å²) in [6.45, 7) is 0.163. The Morgan fingerprint density at radius 2 is 1.97 bits per heavy atom.